The molecule has 0 N–H and O–H groups in total. The van der Waals surface area contributed by atoms with Crippen molar-refractivity contribution in [3.8, 4) is 5.75 Å². The van der Waals surface area contributed by atoms with E-state index in [0.29, 0.717) is 12.6 Å². The van der Waals surface area contributed by atoms with Crippen molar-refractivity contribution >= 4 is 16.8 Å². The molecule has 2 nitrogen and oxygen atoms in total. The minimum Gasteiger partial charge on any atom is -0.494 e. The predicted molar refractivity (Wildman–Crippen MR) is 66.1 cm³/mol. The highest BCUT2D eigenvalue weighted by Gasteiger charge is 2.15. The Bertz CT molecular complexity index is 358. The summed E-state index contributed by atoms with van der Waals surface area (Å²) in [5.74, 6) is 2.03. The van der Waals surface area contributed by atoms with Crippen LogP contribution in [0.1, 0.15) is 19.4 Å². The van der Waals surface area contributed by atoms with Crippen LogP contribution in [0.2, 0.25) is 0 Å². The Kier molecular flexibility index (Phi) is 3.31. The van der Waals surface area contributed by atoms with Gasteiger partial charge in [-0.15, -0.1) is 11.8 Å². The van der Waals surface area contributed by atoms with Gasteiger partial charge in [0.15, 0.2) is 0 Å². The molecule has 1 unspecified atom stereocenters. The van der Waals surface area contributed by atoms with E-state index in [0.717, 1.165) is 16.5 Å². The van der Waals surface area contributed by atoms with E-state index in [-0.39, 0.29) is 0 Å². The average Bonchev–Trinajstić information content (AvgIpc) is 2.67. The molecule has 1 aliphatic rings. The highest BCUT2D eigenvalue weighted by atomic mass is 32.2. The van der Waals surface area contributed by atoms with Crippen molar-refractivity contribution in [1.29, 1.82) is 0 Å². The molecule has 1 atom stereocenters. The van der Waals surface area contributed by atoms with E-state index >= 15 is 0 Å². The minimum atomic E-state index is 0.455. The molecule has 0 amide bonds. The molecule has 15 heavy (non-hydrogen) atoms. The van der Waals surface area contributed by atoms with Crippen molar-refractivity contribution in [3.05, 3.63) is 29.8 Å². The van der Waals surface area contributed by atoms with Crippen LogP contribution in [-0.4, -0.2) is 23.4 Å². The Hall–Kier alpha value is -0.960. The number of ether oxygens (including phenoxy) is 1. The van der Waals surface area contributed by atoms with E-state index < -0.39 is 0 Å². The van der Waals surface area contributed by atoms with E-state index in [4.69, 9.17) is 4.74 Å². The fourth-order valence-corrected chi connectivity index (χ4v) is 2.52. The largest absolute Gasteiger partial charge is 0.494 e. The first-order valence-electron chi connectivity index (χ1n) is 5.23. The first-order chi connectivity index (χ1) is 7.29. The molecule has 0 fully saturated rings. The number of hydrogen-bond acceptors (Lipinski definition) is 3. The molecule has 1 aromatic carbocycles. The van der Waals surface area contributed by atoms with Gasteiger partial charge in [0.1, 0.15) is 5.75 Å². The van der Waals surface area contributed by atoms with Gasteiger partial charge < -0.3 is 4.74 Å². The van der Waals surface area contributed by atoms with Crippen LogP contribution in [0.15, 0.2) is 29.3 Å². The summed E-state index contributed by atoms with van der Waals surface area (Å²) in [6.45, 7) is 4.85. The van der Waals surface area contributed by atoms with E-state index in [1.807, 2.05) is 30.8 Å². The van der Waals surface area contributed by atoms with Crippen molar-refractivity contribution in [2.75, 3.05) is 12.4 Å². The molecule has 0 spiro atoms. The summed E-state index contributed by atoms with van der Waals surface area (Å²) < 4.78 is 5.40. The second kappa shape index (κ2) is 4.71. The van der Waals surface area contributed by atoms with Crippen LogP contribution in [0.4, 0.5) is 0 Å². The highest BCUT2D eigenvalue weighted by Crippen LogP contribution is 2.24. The van der Waals surface area contributed by atoms with Gasteiger partial charge in [-0.25, -0.2) is 0 Å². The number of benzene rings is 1. The van der Waals surface area contributed by atoms with Crippen LogP contribution >= 0.6 is 11.8 Å². The zero-order chi connectivity index (χ0) is 10.7. The maximum atomic E-state index is 5.40. The fraction of sp³-hybridized carbons (Fsp3) is 0.417. The summed E-state index contributed by atoms with van der Waals surface area (Å²) in [5, 5.41) is 1.16. The number of thioether (sulfide) groups is 1. The summed E-state index contributed by atoms with van der Waals surface area (Å²) in [7, 11) is 0. The third kappa shape index (κ3) is 2.53. The SMILES string of the molecule is CCOc1ccc(C2=NC(C)CS2)cc1. The average molecular weight is 221 g/mol. The lowest BCUT2D eigenvalue weighted by Crippen LogP contribution is -1.94. The molecule has 0 saturated carbocycles. The van der Waals surface area contributed by atoms with Gasteiger partial charge >= 0.3 is 0 Å². The quantitative estimate of drug-likeness (QED) is 0.782. The second-order valence-corrected chi connectivity index (χ2v) is 4.56. The van der Waals surface area contributed by atoms with Gasteiger partial charge in [0.25, 0.3) is 0 Å². The Morgan fingerprint density at radius 2 is 2.13 bits per heavy atom. The van der Waals surface area contributed by atoms with Crippen molar-refractivity contribution in [2.45, 2.75) is 19.9 Å². The van der Waals surface area contributed by atoms with Crippen LogP contribution in [-0.2, 0) is 0 Å². The van der Waals surface area contributed by atoms with Crippen LogP contribution < -0.4 is 4.74 Å². The zero-order valence-electron chi connectivity index (χ0n) is 9.06. The first kappa shape index (κ1) is 10.6. The van der Waals surface area contributed by atoms with E-state index in [1.54, 1.807) is 0 Å². The first-order valence-corrected chi connectivity index (χ1v) is 6.22. The number of hydrogen-bond donors (Lipinski definition) is 0. The lowest BCUT2D eigenvalue weighted by Gasteiger charge is -2.04. The van der Waals surface area contributed by atoms with E-state index in [1.165, 1.54) is 5.56 Å². The van der Waals surface area contributed by atoms with Gasteiger partial charge in [0.2, 0.25) is 0 Å². The molecule has 1 aliphatic heterocycles. The summed E-state index contributed by atoms with van der Waals surface area (Å²) >= 11 is 1.83. The summed E-state index contributed by atoms with van der Waals surface area (Å²) in [6.07, 6.45) is 0. The standard InChI is InChI=1S/C12H15NOS/c1-3-14-11-6-4-10(5-7-11)12-13-9(2)8-15-12/h4-7,9H,3,8H2,1-2H3. The smallest absolute Gasteiger partial charge is 0.119 e. The topological polar surface area (TPSA) is 21.6 Å². The molecule has 80 valence electrons. The summed E-state index contributed by atoms with van der Waals surface area (Å²) in [5.41, 5.74) is 1.20. The van der Waals surface area contributed by atoms with Gasteiger partial charge in [-0.2, -0.15) is 0 Å². The number of aliphatic imine (C=N–C) groups is 1. The number of rotatable bonds is 3. The normalized spacial score (nSPS) is 20.1. The maximum absolute atomic E-state index is 5.40. The Morgan fingerprint density at radius 3 is 2.67 bits per heavy atom. The van der Waals surface area contributed by atoms with Gasteiger partial charge in [0.05, 0.1) is 17.7 Å². The van der Waals surface area contributed by atoms with Crippen molar-refractivity contribution in [2.24, 2.45) is 4.99 Å². The molecule has 0 saturated heterocycles. The molecular weight excluding hydrogens is 206 g/mol. The second-order valence-electron chi connectivity index (χ2n) is 3.55. The number of nitrogens with zero attached hydrogens (tertiary/aromatic N) is 1. The monoisotopic (exact) mass is 221 g/mol. The summed E-state index contributed by atoms with van der Waals surface area (Å²) in [6, 6.07) is 8.62. The molecule has 0 radical (unpaired) electrons. The fourth-order valence-electron chi connectivity index (χ4n) is 1.49. The lowest BCUT2D eigenvalue weighted by molar-refractivity contribution is 0.340. The molecular formula is C12H15NOS. The zero-order valence-corrected chi connectivity index (χ0v) is 9.88. The minimum absolute atomic E-state index is 0.455. The molecule has 1 heterocycles. The van der Waals surface area contributed by atoms with Crippen LogP contribution in [0.5, 0.6) is 5.75 Å². The highest BCUT2D eigenvalue weighted by molar-refractivity contribution is 8.14. The third-order valence-corrected chi connectivity index (χ3v) is 3.47. The van der Waals surface area contributed by atoms with E-state index in [9.17, 15) is 0 Å². The maximum Gasteiger partial charge on any atom is 0.119 e. The third-order valence-electron chi connectivity index (χ3n) is 2.21. The Balaban J connectivity index is 2.13. The molecule has 2 rings (SSSR count). The van der Waals surface area contributed by atoms with Crippen molar-refractivity contribution < 1.29 is 4.74 Å². The predicted octanol–water partition coefficient (Wildman–Crippen LogP) is 2.97. The van der Waals surface area contributed by atoms with Crippen LogP contribution in [0, 0.1) is 0 Å². The molecule has 3 heteroatoms. The van der Waals surface area contributed by atoms with Crippen molar-refractivity contribution in [1.82, 2.24) is 0 Å². The van der Waals surface area contributed by atoms with Crippen LogP contribution in [0.25, 0.3) is 0 Å². The van der Waals surface area contributed by atoms with Gasteiger partial charge in [0, 0.05) is 11.3 Å². The Morgan fingerprint density at radius 1 is 1.40 bits per heavy atom. The van der Waals surface area contributed by atoms with Gasteiger partial charge in [-0.05, 0) is 38.1 Å². The van der Waals surface area contributed by atoms with Crippen LogP contribution in [0.3, 0.4) is 0 Å². The molecule has 0 bridgehead atoms. The molecule has 0 aliphatic carbocycles. The summed E-state index contributed by atoms with van der Waals surface area (Å²) in [4.78, 5) is 4.57. The lowest BCUT2D eigenvalue weighted by atomic mass is 10.2. The molecule has 1 aromatic rings. The van der Waals surface area contributed by atoms with Crippen molar-refractivity contribution in [3.63, 3.8) is 0 Å². The van der Waals surface area contributed by atoms with E-state index in [2.05, 4.69) is 24.0 Å². The van der Waals surface area contributed by atoms with Gasteiger partial charge in [-0.1, -0.05) is 0 Å². The molecule has 0 aromatic heterocycles. The Labute approximate surface area is 94.7 Å². The van der Waals surface area contributed by atoms with Gasteiger partial charge in [-0.3, -0.25) is 4.99 Å².